The van der Waals surface area contributed by atoms with Crippen molar-refractivity contribution >= 4 is 28.4 Å². The van der Waals surface area contributed by atoms with E-state index in [1.807, 2.05) is 30.3 Å². The topological polar surface area (TPSA) is 83.9 Å². The molecule has 26 heavy (non-hydrogen) atoms. The van der Waals surface area contributed by atoms with Crippen molar-refractivity contribution in [2.75, 3.05) is 0 Å². The van der Waals surface area contributed by atoms with Crippen LogP contribution in [0.2, 0.25) is 5.02 Å². The normalized spacial score (nSPS) is 19.7. The van der Waals surface area contributed by atoms with Crippen LogP contribution in [0.25, 0.3) is 10.9 Å². The van der Waals surface area contributed by atoms with E-state index < -0.39 is 0 Å². The van der Waals surface area contributed by atoms with Crippen LogP contribution < -0.4 is 16.2 Å². The minimum absolute atomic E-state index is 0.0228. The number of halogens is 1. The second-order valence-electron chi connectivity index (χ2n) is 6.27. The third kappa shape index (κ3) is 3.55. The molecule has 2 atom stereocenters. The molecule has 7 nitrogen and oxygen atoms in total. The number of pyridine rings is 1. The van der Waals surface area contributed by atoms with Crippen molar-refractivity contribution < 1.29 is 4.79 Å². The summed E-state index contributed by atoms with van der Waals surface area (Å²) in [6, 6.07) is 9.76. The first-order chi connectivity index (χ1) is 12.7. The summed E-state index contributed by atoms with van der Waals surface area (Å²) in [5.74, 6) is -0.0228. The number of amides is 1. The highest BCUT2D eigenvalue weighted by molar-refractivity contribution is 6.35. The minimum atomic E-state index is -0.107. The van der Waals surface area contributed by atoms with Crippen LogP contribution >= 0.6 is 11.6 Å². The first kappa shape index (κ1) is 17.0. The molecule has 3 heterocycles. The molecular formula is C18H19ClN6O. The van der Waals surface area contributed by atoms with Crippen molar-refractivity contribution in [1.29, 1.82) is 0 Å². The Hall–Kier alpha value is -2.48. The molecule has 1 aromatic carbocycles. The van der Waals surface area contributed by atoms with Crippen molar-refractivity contribution in [3.05, 3.63) is 59.5 Å². The Morgan fingerprint density at radius 3 is 2.96 bits per heavy atom. The number of benzene rings is 1. The third-order valence-electron chi connectivity index (χ3n) is 4.53. The van der Waals surface area contributed by atoms with E-state index in [4.69, 9.17) is 11.6 Å². The smallest absolute Gasteiger partial charge is 0.223 e. The number of aryl methyl sites for hydroxylation is 1. The molecule has 1 saturated heterocycles. The first-order valence-electron chi connectivity index (χ1n) is 8.51. The number of carbonyl (C=O) groups excluding carboxylic acids is 1. The molecule has 1 fully saturated rings. The van der Waals surface area contributed by atoms with Gasteiger partial charge in [0.1, 0.15) is 0 Å². The number of hydrogen-bond donors (Lipinski definition) is 3. The second kappa shape index (κ2) is 7.41. The number of nitrogens with one attached hydrogen (secondary N) is 3. The van der Waals surface area contributed by atoms with Gasteiger partial charge >= 0.3 is 0 Å². The van der Waals surface area contributed by atoms with Gasteiger partial charge in [-0.3, -0.25) is 14.5 Å². The number of carbonyl (C=O) groups is 1. The van der Waals surface area contributed by atoms with E-state index in [0.29, 0.717) is 18.0 Å². The summed E-state index contributed by atoms with van der Waals surface area (Å²) in [6.07, 6.45) is 6.28. The van der Waals surface area contributed by atoms with Gasteiger partial charge in [-0.05, 0) is 29.8 Å². The fourth-order valence-electron chi connectivity index (χ4n) is 3.19. The number of hydrazine groups is 1. The highest BCUT2D eigenvalue weighted by Gasteiger charge is 2.25. The Morgan fingerprint density at radius 2 is 2.12 bits per heavy atom. The molecule has 1 aliphatic heterocycles. The predicted molar refractivity (Wildman–Crippen MR) is 99.2 cm³/mol. The monoisotopic (exact) mass is 370 g/mol. The van der Waals surface area contributed by atoms with E-state index in [1.165, 1.54) is 0 Å². The average Bonchev–Trinajstić information content (AvgIpc) is 3.29. The van der Waals surface area contributed by atoms with Gasteiger partial charge in [0.15, 0.2) is 0 Å². The Balaban J connectivity index is 1.31. The molecule has 4 rings (SSSR count). The molecular weight excluding hydrogens is 352 g/mol. The summed E-state index contributed by atoms with van der Waals surface area (Å²) < 4.78 is 1.81. The van der Waals surface area contributed by atoms with Crippen molar-refractivity contribution in [2.45, 2.75) is 31.6 Å². The fourth-order valence-corrected chi connectivity index (χ4v) is 3.40. The van der Waals surface area contributed by atoms with E-state index in [9.17, 15) is 4.79 Å². The lowest BCUT2D eigenvalue weighted by atomic mass is 10.1. The lowest BCUT2D eigenvalue weighted by Crippen LogP contribution is -2.44. The largest absolute Gasteiger partial charge is 0.339 e. The van der Waals surface area contributed by atoms with Crippen molar-refractivity contribution in [3.63, 3.8) is 0 Å². The van der Waals surface area contributed by atoms with Gasteiger partial charge in [-0.25, -0.2) is 10.9 Å². The summed E-state index contributed by atoms with van der Waals surface area (Å²) in [5.41, 5.74) is 8.40. The Labute approximate surface area is 155 Å². The molecule has 1 amide bonds. The molecule has 3 aromatic rings. The molecule has 2 aromatic heterocycles. The van der Waals surface area contributed by atoms with E-state index in [1.54, 1.807) is 23.3 Å². The van der Waals surface area contributed by atoms with Crippen LogP contribution in [0.1, 0.15) is 24.4 Å². The molecule has 2 unspecified atom stereocenters. The Morgan fingerprint density at radius 1 is 1.27 bits per heavy atom. The summed E-state index contributed by atoms with van der Waals surface area (Å²) >= 11 is 6.16. The first-order valence-corrected chi connectivity index (χ1v) is 8.89. The van der Waals surface area contributed by atoms with Crippen LogP contribution in [0.4, 0.5) is 0 Å². The second-order valence-corrected chi connectivity index (χ2v) is 6.68. The minimum Gasteiger partial charge on any atom is -0.339 e. The van der Waals surface area contributed by atoms with E-state index in [2.05, 4.69) is 26.3 Å². The SMILES string of the molecule is O=C(CCn1ncc2c(Cl)cccc21)NC1CC(c2ccncc2)NN1. The van der Waals surface area contributed by atoms with E-state index in [0.717, 1.165) is 22.9 Å². The van der Waals surface area contributed by atoms with Gasteiger partial charge in [0.2, 0.25) is 5.91 Å². The average molecular weight is 371 g/mol. The maximum atomic E-state index is 12.3. The van der Waals surface area contributed by atoms with Gasteiger partial charge in [0.05, 0.1) is 29.4 Å². The zero-order valence-electron chi connectivity index (χ0n) is 14.0. The molecule has 0 bridgehead atoms. The van der Waals surface area contributed by atoms with Crippen LogP contribution in [0, 0.1) is 0 Å². The Bertz CT molecular complexity index is 912. The quantitative estimate of drug-likeness (QED) is 0.641. The highest BCUT2D eigenvalue weighted by atomic mass is 35.5. The third-order valence-corrected chi connectivity index (χ3v) is 4.86. The summed E-state index contributed by atoms with van der Waals surface area (Å²) in [6.45, 7) is 0.504. The Kier molecular flexibility index (Phi) is 4.83. The summed E-state index contributed by atoms with van der Waals surface area (Å²) in [7, 11) is 0. The molecule has 134 valence electrons. The number of aromatic nitrogens is 3. The van der Waals surface area contributed by atoms with Gasteiger partial charge in [0, 0.05) is 36.7 Å². The molecule has 0 spiro atoms. The van der Waals surface area contributed by atoms with Crippen molar-refractivity contribution in [1.82, 2.24) is 30.9 Å². The molecule has 8 heteroatoms. The van der Waals surface area contributed by atoms with E-state index in [-0.39, 0.29) is 18.1 Å². The number of hydrogen-bond acceptors (Lipinski definition) is 5. The van der Waals surface area contributed by atoms with Gasteiger partial charge in [-0.2, -0.15) is 5.10 Å². The van der Waals surface area contributed by atoms with Crippen LogP contribution in [-0.2, 0) is 11.3 Å². The molecule has 0 radical (unpaired) electrons. The van der Waals surface area contributed by atoms with Gasteiger partial charge in [0.25, 0.3) is 0 Å². The highest BCUT2D eigenvalue weighted by Crippen LogP contribution is 2.23. The summed E-state index contributed by atoms with van der Waals surface area (Å²) in [4.78, 5) is 16.3. The van der Waals surface area contributed by atoms with E-state index >= 15 is 0 Å². The van der Waals surface area contributed by atoms with Crippen molar-refractivity contribution in [3.8, 4) is 0 Å². The lowest BCUT2D eigenvalue weighted by Gasteiger charge is -2.12. The maximum Gasteiger partial charge on any atom is 0.223 e. The van der Waals surface area contributed by atoms with Crippen LogP contribution in [0.15, 0.2) is 48.9 Å². The number of nitrogens with zero attached hydrogens (tertiary/aromatic N) is 3. The molecule has 0 saturated carbocycles. The molecule has 0 aliphatic carbocycles. The fraction of sp³-hybridized carbons (Fsp3) is 0.278. The number of fused-ring (bicyclic) bond motifs is 1. The molecule has 3 N–H and O–H groups in total. The maximum absolute atomic E-state index is 12.3. The predicted octanol–water partition coefficient (Wildman–Crippen LogP) is 2.16. The summed E-state index contributed by atoms with van der Waals surface area (Å²) in [5, 5.41) is 8.90. The van der Waals surface area contributed by atoms with Gasteiger partial charge in [-0.1, -0.05) is 17.7 Å². The molecule has 1 aliphatic rings. The lowest BCUT2D eigenvalue weighted by molar-refractivity contribution is -0.122. The standard InChI is InChI=1S/C18H19ClN6O/c19-14-2-1-3-16-13(14)11-21-25(16)9-6-18(26)22-17-10-15(23-24-17)12-4-7-20-8-5-12/h1-5,7-8,11,15,17,23-24H,6,9-10H2,(H,22,26). The van der Waals surface area contributed by atoms with Crippen molar-refractivity contribution in [2.24, 2.45) is 0 Å². The zero-order valence-corrected chi connectivity index (χ0v) is 14.8. The van der Waals surface area contributed by atoms with Crippen LogP contribution in [-0.4, -0.2) is 26.8 Å². The van der Waals surface area contributed by atoms with Gasteiger partial charge < -0.3 is 5.32 Å². The van der Waals surface area contributed by atoms with Crippen LogP contribution in [0.5, 0.6) is 0 Å². The zero-order chi connectivity index (χ0) is 17.9. The van der Waals surface area contributed by atoms with Gasteiger partial charge in [-0.15, -0.1) is 0 Å². The number of rotatable bonds is 5. The van der Waals surface area contributed by atoms with Crippen LogP contribution in [0.3, 0.4) is 0 Å².